The number of hydrogen-bond donors (Lipinski definition) is 2. The van der Waals surface area contributed by atoms with E-state index in [4.69, 9.17) is 39.5 Å². The molecule has 190 valence electrons. The molecule has 2 atom stereocenters. The molecule has 0 unspecified atom stereocenters. The molecule has 1 aliphatic heterocycles. The van der Waals surface area contributed by atoms with Crippen LogP contribution in [0.25, 0.3) is 11.3 Å². The molecule has 1 fully saturated rings. The molecule has 2 heterocycles. The molecule has 4 rings (SSSR count). The van der Waals surface area contributed by atoms with Crippen LogP contribution in [-0.4, -0.2) is 60.0 Å². The number of benzene rings is 2. The first-order valence-corrected chi connectivity index (χ1v) is 13.8. The van der Waals surface area contributed by atoms with E-state index >= 15 is 0 Å². The zero-order valence-corrected chi connectivity index (χ0v) is 22.1. The normalized spacial score (nSPS) is 18.2. The van der Waals surface area contributed by atoms with Crippen molar-refractivity contribution in [2.24, 2.45) is 0 Å². The maximum absolute atomic E-state index is 13.0. The number of esters is 1. The second kappa shape index (κ2) is 11.0. The Hall–Kier alpha value is -2.25. The van der Waals surface area contributed by atoms with Gasteiger partial charge < -0.3 is 9.84 Å². The third kappa shape index (κ3) is 6.00. The van der Waals surface area contributed by atoms with Crippen molar-refractivity contribution in [3.05, 3.63) is 62.9 Å². The monoisotopic (exact) mass is 589 g/mol. The summed E-state index contributed by atoms with van der Waals surface area (Å²) < 4.78 is 31.9. The molecule has 1 amide bonds. The molecule has 0 saturated carbocycles. The van der Waals surface area contributed by atoms with Crippen LogP contribution < -0.4 is 5.32 Å². The summed E-state index contributed by atoms with van der Waals surface area (Å²) in [5, 5.41) is 15.7. The second-order valence-electron chi connectivity index (χ2n) is 7.76. The molecule has 1 aromatic heterocycles. The lowest BCUT2D eigenvalue weighted by molar-refractivity contribution is -0.150. The smallest absolute Gasteiger partial charge is 0.325 e. The lowest BCUT2D eigenvalue weighted by Gasteiger charge is -2.22. The van der Waals surface area contributed by atoms with Gasteiger partial charge in [-0.1, -0.05) is 40.9 Å². The number of nitrogens with zero attached hydrogens (tertiary/aromatic N) is 2. The van der Waals surface area contributed by atoms with Crippen LogP contribution in [0.2, 0.25) is 15.1 Å². The SMILES string of the molecule is O=C(COC(=O)[C@H]1C[C@@H](O)CN1S(=O)(=O)c1ccc(Cl)cc1)Nc1nc(-c2ccc(Cl)c(Cl)c2)cs1. The summed E-state index contributed by atoms with van der Waals surface area (Å²) in [6.07, 6.45) is -1.22. The van der Waals surface area contributed by atoms with Crippen molar-refractivity contribution in [2.75, 3.05) is 18.5 Å². The predicted octanol–water partition coefficient (Wildman–Crippen LogP) is 4.08. The van der Waals surface area contributed by atoms with Gasteiger partial charge in [-0.05, 0) is 36.4 Å². The van der Waals surface area contributed by atoms with Gasteiger partial charge in [0.25, 0.3) is 5.91 Å². The van der Waals surface area contributed by atoms with Crippen LogP contribution in [0, 0.1) is 0 Å². The van der Waals surface area contributed by atoms with Crippen molar-refractivity contribution < 1.29 is 27.9 Å². The zero-order valence-electron chi connectivity index (χ0n) is 18.2. The van der Waals surface area contributed by atoms with E-state index in [-0.39, 0.29) is 23.0 Å². The fourth-order valence-corrected chi connectivity index (χ4v) is 6.30. The topological polar surface area (TPSA) is 126 Å². The van der Waals surface area contributed by atoms with Gasteiger partial charge in [-0.15, -0.1) is 11.3 Å². The van der Waals surface area contributed by atoms with E-state index in [2.05, 4.69) is 10.3 Å². The molecular formula is C22H18Cl3N3O6S2. The van der Waals surface area contributed by atoms with Gasteiger partial charge in [-0.3, -0.25) is 14.9 Å². The molecule has 1 saturated heterocycles. The van der Waals surface area contributed by atoms with Gasteiger partial charge in [0.05, 0.1) is 26.7 Å². The second-order valence-corrected chi connectivity index (χ2v) is 11.8. The van der Waals surface area contributed by atoms with Crippen molar-refractivity contribution in [3.8, 4) is 11.3 Å². The molecular weight excluding hydrogens is 573 g/mol. The van der Waals surface area contributed by atoms with Crippen molar-refractivity contribution in [1.29, 1.82) is 0 Å². The Morgan fingerprint density at radius 2 is 1.86 bits per heavy atom. The number of sulfonamides is 1. The Balaban J connectivity index is 1.37. The number of aliphatic hydroxyl groups is 1. The van der Waals surface area contributed by atoms with Gasteiger partial charge in [0.2, 0.25) is 10.0 Å². The van der Waals surface area contributed by atoms with Crippen LogP contribution in [-0.2, 0) is 24.3 Å². The summed E-state index contributed by atoms with van der Waals surface area (Å²) in [4.78, 5) is 29.2. The van der Waals surface area contributed by atoms with Crippen LogP contribution >= 0.6 is 46.1 Å². The summed E-state index contributed by atoms with van der Waals surface area (Å²) in [7, 11) is -4.11. The number of carbonyl (C=O) groups is 2. The lowest BCUT2D eigenvalue weighted by Crippen LogP contribution is -2.42. The van der Waals surface area contributed by atoms with Crippen LogP contribution in [0.1, 0.15) is 6.42 Å². The Kier molecular flexibility index (Phi) is 8.20. The third-order valence-electron chi connectivity index (χ3n) is 5.24. The van der Waals surface area contributed by atoms with Gasteiger partial charge in [0.15, 0.2) is 11.7 Å². The van der Waals surface area contributed by atoms with E-state index < -0.39 is 40.7 Å². The average Bonchev–Trinajstić information content (AvgIpc) is 3.46. The summed E-state index contributed by atoms with van der Waals surface area (Å²) in [5.74, 6) is -1.61. The Morgan fingerprint density at radius 3 is 2.56 bits per heavy atom. The van der Waals surface area contributed by atoms with Crippen molar-refractivity contribution in [3.63, 3.8) is 0 Å². The maximum Gasteiger partial charge on any atom is 0.325 e. The standard InChI is InChI=1S/C22H18Cl3N3O6S2/c23-13-2-4-15(5-3-13)36(32,33)28-9-14(29)8-19(28)21(31)34-10-20(30)27-22-26-18(11-35-22)12-1-6-16(24)17(25)7-12/h1-7,11,14,19,29H,8-10H2,(H,26,27,30)/t14-,19-/m1/s1. The van der Waals surface area contributed by atoms with Crippen LogP contribution in [0.15, 0.2) is 52.7 Å². The average molecular weight is 591 g/mol. The van der Waals surface area contributed by atoms with E-state index in [1.54, 1.807) is 23.6 Å². The molecule has 36 heavy (non-hydrogen) atoms. The number of carbonyl (C=O) groups excluding carboxylic acids is 2. The summed E-state index contributed by atoms with van der Waals surface area (Å²) in [5.41, 5.74) is 1.27. The summed E-state index contributed by atoms with van der Waals surface area (Å²) in [6, 6.07) is 9.15. The van der Waals surface area contributed by atoms with Gasteiger partial charge >= 0.3 is 5.97 Å². The fourth-order valence-electron chi connectivity index (χ4n) is 3.51. The van der Waals surface area contributed by atoms with Gasteiger partial charge in [0, 0.05) is 28.9 Å². The first kappa shape index (κ1) is 26.8. The highest BCUT2D eigenvalue weighted by Gasteiger charge is 2.44. The van der Waals surface area contributed by atoms with Gasteiger partial charge in [0.1, 0.15) is 6.04 Å². The molecule has 9 nitrogen and oxygen atoms in total. The number of aromatic nitrogens is 1. The highest BCUT2D eigenvalue weighted by Crippen LogP contribution is 2.31. The number of thiazole rings is 1. The van der Waals surface area contributed by atoms with Crippen LogP contribution in [0.5, 0.6) is 0 Å². The van der Waals surface area contributed by atoms with E-state index in [1.807, 2.05) is 0 Å². The number of anilines is 1. The van der Waals surface area contributed by atoms with Crippen molar-refractivity contribution in [1.82, 2.24) is 9.29 Å². The number of halogens is 3. The number of β-amino-alcohol motifs (C(OH)–C–C–N with tert-alkyl or cyclic N) is 1. The van der Waals surface area contributed by atoms with Gasteiger partial charge in [-0.25, -0.2) is 13.4 Å². The molecule has 0 spiro atoms. The first-order valence-electron chi connectivity index (χ1n) is 10.4. The number of aliphatic hydroxyl groups excluding tert-OH is 1. The molecule has 2 N–H and O–H groups in total. The molecule has 0 aliphatic carbocycles. The Morgan fingerprint density at radius 1 is 1.14 bits per heavy atom. The molecule has 1 aliphatic rings. The molecule has 14 heteroatoms. The fraction of sp³-hybridized carbons (Fsp3) is 0.227. The molecule has 0 radical (unpaired) electrons. The number of nitrogens with one attached hydrogen (secondary N) is 1. The van der Waals surface area contributed by atoms with Crippen molar-refractivity contribution >= 4 is 73.2 Å². The highest BCUT2D eigenvalue weighted by atomic mass is 35.5. The van der Waals surface area contributed by atoms with Crippen LogP contribution in [0.3, 0.4) is 0 Å². The largest absolute Gasteiger partial charge is 0.454 e. The number of ether oxygens (including phenoxy) is 1. The number of rotatable bonds is 7. The minimum atomic E-state index is -4.11. The minimum Gasteiger partial charge on any atom is -0.454 e. The predicted molar refractivity (Wildman–Crippen MR) is 137 cm³/mol. The lowest BCUT2D eigenvalue weighted by atomic mass is 10.2. The molecule has 2 aromatic carbocycles. The Bertz CT molecular complexity index is 1400. The van der Waals surface area contributed by atoms with E-state index in [1.165, 1.54) is 24.3 Å². The molecule has 0 bridgehead atoms. The molecule has 3 aromatic rings. The van der Waals surface area contributed by atoms with E-state index in [0.717, 1.165) is 15.6 Å². The Labute approximate surface area is 225 Å². The summed E-state index contributed by atoms with van der Waals surface area (Å²) in [6.45, 7) is -0.949. The number of hydrogen-bond acceptors (Lipinski definition) is 8. The van der Waals surface area contributed by atoms with E-state index in [0.29, 0.717) is 26.3 Å². The minimum absolute atomic E-state index is 0.0851. The van der Waals surface area contributed by atoms with Gasteiger partial charge in [-0.2, -0.15) is 4.31 Å². The quantitative estimate of drug-likeness (QED) is 0.397. The number of amides is 1. The van der Waals surface area contributed by atoms with E-state index in [9.17, 15) is 23.1 Å². The first-order chi connectivity index (χ1) is 17.0. The third-order valence-corrected chi connectivity index (χ3v) is 8.88. The van der Waals surface area contributed by atoms with Crippen molar-refractivity contribution in [2.45, 2.75) is 23.5 Å². The maximum atomic E-state index is 13.0. The summed E-state index contributed by atoms with van der Waals surface area (Å²) >= 11 is 18.9. The van der Waals surface area contributed by atoms with Crippen LogP contribution in [0.4, 0.5) is 5.13 Å². The zero-order chi connectivity index (χ0) is 26.0. The highest BCUT2D eigenvalue weighted by molar-refractivity contribution is 7.89.